The Kier molecular flexibility index (Phi) is 31.6. The van der Waals surface area contributed by atoms with E-state index < -0.39 is 77.1 Å². The molecule has 3 aromatic carbocycles. The fourth-order valence-corrected chi connectivity index (χ4v) is 21.6. The molecule has 12 aromatic rings. The molecule has 0 saturated carbocycles. The van der Waals surface area contributed by atoms with Gasteiger partial charge in [0.2, 0.25) is 17.7 Å². The van der Waals surface area contributed by atoms with Gasteiger partial charge in [0.05, 0.1) is 136 Å². The number of nitrogens with zero attached hydrogens (tertiary/aromatic N) is 18. The summed E-state index contributed by atoms with van der Waals surface area (Å²) in [6.45, 7) is 40.7. The molecule has 3 aliphatic heterocycles. The molecular weight excluding hydrogens is 2050 g/mol. The zero-order valence-corrected chi connectivity index (χ0v) is 86.7. The normalized spacial score (nSPS) is 16.6. The second-order valence-corrected chi connectivity index (χ2v) is 39.6. The van der Waals surface area contributed by atoms with E-state index in [2.05, 4.69) is 52.9 Å². The quantitative estimate of drug-likeness (QED) is 0.0282. The van der Waals surface area contributed by atoms with Crippen molar-refractivity contribution in [1.29, 1.82) is 15.8 Å². The highest BCUT2D eigenvalue weighted by atomic mass is 35.5. The minimum Gasteiger partial charge on any atom is -0.396 e. The maximum Gasteiger partial charge on any atom is 0.276 e. The first-order valence-electron chi connectivity index (χ1n) is 43.9. The second-order valence-electron chi connectivity index (χ2n) is 35.3. The molecule has 0 aliphatic carbocycles. The zero-order chi connectivity index (χ0) is 104. The highest BCUT2D eigenvalue weighted by Crippen LogP contribution is 2.52. The van der Waals surface area contributed by atoms with Crippen molar-refractivity contribution in [1.82, 2.24) is 58.3 Å². The number of aromatic nitrogens is 9. The summed E-state index contributed by atoms with van der Waals surface area (Å²) in [7, 11) is 0. The Morgan fingerprint density at radius 1 is 0.383 bits per heavy atom. The third-order valence-electron chi connectivity index (χ3n) is 25.0. The molecule has 6 atom stereocenters. The first kappa shape index (κ1) is 106. The van der Waals surface area contributed by atoms with Crippen molar-refractivity contribution in [2.24, 2.45) is 0 Å². The number of benzene rings is 3. The van der Waals surface area contributed by atoms with E-state index >= 15 is 8.78 Å². The van der Waals surface area contributed by atoms with Crippen LogP contribution in [0.4, 0.5) is 51.7 Å². The Bertz CT molecular complexity index is 6860. The number of nitrogen functional groups attached to an aromatic ring is 3. The lowest BCUT2D eigenvalue weighted by Gasteiger charge is -2.45. The van der Waals surface area contributed by atoms with Gasteiger partial charge in [-0.25, -0.2) is 32.5 Å². The van der Waals surface area contributed by atoms with Crippen molar-refractivity contribution in [3.8, 4) is 69.0 Å². The summed E-state index contributed by atoms with van der Waals surface area (Å²) in [6.07, 6.45) is 8.66. The van der Waals surface area contributed by atoms with Crippen molar-refractivity contribution >= 4 is 213 Å². The van der Waals surface area contributed by atoms with E-state index in [1.165, 1.54) is 38.0 Å². The Morgan fingerprint density at radius 2 is 0.617 bits per heavy atom. The summed E-state index contributed by atoms with van der Waals surface area (Å²) >= 11 is 70.4. The van der Waals surface area contributed by atoms with Gasteiger partial charge >= 0.3 is 0 Å². The largest absolute Gasteiger partial charge is 0.396 e. The Labute approximate surface area is 863 Å². The molecule has 3 aliphatic rings. The van der Waals surface area contributed by atoms with E-state index in [9.17, 15) is 53.3 Å². The summed E-state index contributed by atoms with van der Waals surface area (Å²) in [5, 5.41) is 29.1. The molecule has 3 fully saturated rings. The number of fused-ring (bicyclic) bond motifs is 3. The number of carbonyl (C=O) groups excluding carboxylic acids is 3. The average Bonchev–Trinajstić information content (AvgIpc) is 0.725. The van der Waals surface area contributed by atoms with Crippen LogP contribution in [0.3, 0.4) is 0 Å². The molecule has 12 heterocycles. The molecule has 9 aromatic heterocycles. The van der Waals surface area contributed by atoms with Gasteiger partial charge in [0.15, 0.2) is 23.3 Å². The smallest absolute Gasteiger partial charge is 0.276 e. The molecule has 732 valence electrons. The van der Waals surface area contributed by atoms with E-state index in [0.29, 0.717) is 78.4 Å². The highest BCUT2D eigenvalue weighted by molar-refractivity contribution is 6.51. The first-order chi connectivity index (χ1) is 66.5. The van der Waals surface area contributed by atoms with Gasteiger partial charge in [-0.1, -0.05) is 189 Å². The SMILES string of the molecule is C=CC(=O)N1[C@H](C)CN(c2c(C#N)c(=O)n(-c3c(C)ccnc3C(C)C)c3nc(-c4c(N)c(F)c(Cl)c(Cl)c4Cl)c(Cl)cc23)C[C@@H]1C.C=CC(=O)N1[C@H](C)CN(c2c(C#N)c(=O)n(-c3c(C)ccnc3C(C)C)c3nc(-c4c(N)c(F)c(Cl)c(Cl)c4Cl)c(Cl)cc23)C[C@@H]1C.C=CC(=O)N1[C@H](C)CN(c2c(C#N)c(=O)n(-c3c(C)ccnc3C(C)C)c3nc(-c4c(N)c(F)c(Cl)c(F)c4Cl)c(Cl)cc23)C[C@@H]1C. The number of anilines is 6. The number of pyridine rings is 9. The number of piperazine rings is 3. The van der Waals surface area contributed by atoms with Crippen molar-refractivity contribution < 1.29 is 31.9 Å². The van der Waals surface area contributed by atoms with Crippen LogP contribution < -0.4 is 48.6 Å². The first-order valence-corrected chi connectivity index (χ1v) is 48.0. The molecule has 6 N–H and O–H groups in total. The average molecular weight is 2140 g/mol. The van der Waals surface area contributed by atoms with E-state index in [1.54, 1.807) is 70.5 Å². The number of halogens is 15. The third-order valence-corrected chi connectivity index (χ3v) is 29.1. The molecule has 15 rings (SSSR count). The van der Waals surface area contributed by atoms with Gasteiger partial charge in [0, 0.05) is 127 Å². The summed E-state index contributed by atoms with van der Waals surface area (Å²) in [5.41, 5.74) is 19.6. The van der Waals surface area contributed by atoms with E-state index in [1.807, 2.05) is 112 Å². The predicted molar refractivity (Wildman–Crippen MR) is 555 cm³/mol. The zero-order valence-electron chi connectivity index (χ0n) is 78.4. The summed E-state index contributed by atoms with van der Waals surface area (Å²) < 4.78 is 64.2. The number of nitriles is 3. The van der Waals surface area contributed by atoms with Crippen LogP contribution in [-0.4, -0.2) is 152 Å². The number of hydrogen-bond acceptors (Lipinski definition) is 21. The number of rotatable bonds is 15. The maximum absolute atomic E-state index is 15.1. The third kappa shape index (κ3) is 18.7. The van der Waals surface area contributed by atoms with E-state index in [0.717, 1.165) is 0 Å². The minimum absolute atomic E-state index is 0.00668. The number of nitrogens with two attached hydrogens (primary N) is 3. The second kappa shape index (κ2) is 41.9. The number of amides is 3. The van der Waals surface area contributed by atoms with Gasteiger partial charge in [-0.15, -0.1) is 0 Å². The van der Waals surface area contributed by atoms with Crippen LogP contribution in [0.5, 0.6) is 0 Å². The Morgan fingerprint density at radius 3 is 0.844 bits per heavy atom. The van der Waals surface area contributed by atoms with Crippen molar-refractivity contribution in [2.75, 3.05) is 71.2 Å². The van der Waals surface area contributed by atoms with Gasteiger partial charge < -0.3 is 46.6 Å². The molecule has 42 heteroatoms. The fourth-order valence-electron chi connectivity index (χ4n) is 18.9. The molecule has 0 bridgehead atoms. The van der Waals surface area contributed by atoms with Crippen molar-refractivity contribution in [3.05, 3.63) is 253 Å². The van der Waals surface area contributed by atoms with Crippen LogP contribution >= 0.6 is 128 Å². The van der Waals surface area contributed by atoms with Gasteiger partial charge in [-0.2, -0.15) is 15.8 Å². The lowest BCUT2D eigenvalue weighted by Crippen LogP contribution is -2.58. The summed E-state index contributed by atoms with van der Waals surface area (Å²) in [4.78, 5) is 121. The lowest BCUT2D eigenvalue weighted by molar-refractivity contribution is -0.131. The van der Waals surface area contributed by atoms with Gasteiger partial charge in [-0.3, -0.25) is 57.4 Å². The predicted octanol–water partition coefficient (Wildman–Crippen LogP) is 22.6. The fraction of sp³-hybridized carbons (Fsp3) is 0.303. The molecular formula is C99H90Cl11F4N21O6. The topological polar surface area (TPSA) is 363 Å². The van der Waals surface area contributed by atoms with Crippen LogP contribution in [0, 0.1) is 78.0 Å². The minimum atomic E-state index is -1.26. The van der Waals surface area contributed by atoms with Gasteiger partial charge in [0.25, 0.3) is 16.7 Å². The summed E-state index contributed by atoms with van der Waals surface area (Å²) in [6, 6.07) is 14.2. The number of hydrogen-bond donors (Lipinski definition) is 3. The van der Waals surface area contributed by atoms with Gasteiger partial charge in [-0.05, 0) is 151 Å². The standard InChI is InChI=1S/2C33H30Cl4FN7O2.C33H30Cl3F2N7O2/c2*1-7-21(46)44-16(5)12-43(13-17(44)6)31-18-10-20(34)29(22-23(35)24(36)25(37)26(38)27(22)40)42-32(18)45(33(47)19(31)11-39)30-15(4)8-9-41-28(30)14(2)3;1-7-21(46)44-16(5)12-43(13-17(44)6)31-18-10-20(34)29(22-23(35)25(37)24(36)26(38)27(22)40)42-32(18)45(33(47)19(31)11-39)30-15(4)8-9-41-28(30)14(2)3/h3*7-10,14,16-17H,1,12-13,40H2,2-6H3/t3*16-,17+. The van der Waals surface area contributed by atoms with Crippen molar-refractivity contribution in [3.63, 3.8) is 0 Å². The van der Waals surface area contributed by atoms with Crippen LogP contribution in [0.2, 0.25) is 55.2 Å². The molecule has 0 radical (unpaired) electrons. The molecule has 141 heavy (non-hydrogen) atoms. The molecule has 0 spiro atoms. The monoisotopic (exact) mass is 2130 g/mol. The van der Waals surface area contributed by atoms with E-state index in [-0.39, 0.29) is 219 Å². The van der Waals surface area contributed by atoms with Gasteiger partial charge in [0.1, 0.15) is 56.9 Å². The van der Waals surface area contributed by atoms with Crippen LogP contribution in [0.15, 0.2) is 107 Å². The Hall–Kier alpha value is -12.0. The van der Waals surface area contributed by atoms with Crippen LogP contribution in [-0.2, 0) is 14.4 Å². The maximum atomic E-state index is 15.1. The molecule has 3 amide bonds. The van der Waals surface area contributed by atoms with E-state index in [4.69, 9.17) is 160 Å². The van der Waals surface area contributed by atoms with Crippen LogP contribution in [0.25, 0.3) is 83.9 Å². The molecule has 0 unspecified atom stereocenters. The molecule has 3 saturated heterocycles. The Balaban J connectivity index is 0.000000178. The number of carbonyl (C=O) groups is 3. The number of aryl methyl sites for hydroxylation is 3. The van der Waals surface area contributed by atoms with Crippen molar-refractivity contribution in [2.45, 2.75) is 158 Å². The summed E-state index contributed by atoms with van der Waals surface area (Å²) in [5.74, 6) is -5.64. The lowest BCUT2D eigenvalue weighted by atomic mass is 10.0. The highest BCUT2D eigenvalue weighted by Gasteiger charge is 2.42. The van der Waals surface area contributed by atoms with Crippen LogP contribution in [0.1, 0.15) is 151 Å². The molecule has 27 nitrogen and oxygen atoms in total.